The number of hydrogen-bond donors (Lipinski definition) is 0. The number of aryl methyl sites for hydroxylation is 1. The Morgan fingerprint density at radius 2 is 1.16 bits per heavy atom. The Morgan fingerprint density at radius 3 is 1.91 bits per heavy atom. The lowest BCUT2D eigenvalue weighted by Crippen LogP contribution is -2.24. The van der Waals surface area contributed by atoms with E-state index in [1.54, 1.807) is 0 Å². The number of fused-ring (bicyclic) bond motifs is 4. The molecule has 0 amide bonds. The van der Waals surface area contributed by atoms with E-state index in [9.17, 15) is 0 Å². The van der Waals surface area contributed by atoms with Gasteiger partial charge in [0.15, 0.2) is 0 Å². The molecule has 2 aromatic heterocycles. The zero-order valence-corrected chi connectivity index (χ0v) is 33.3. The Bertz CT molecular complexity index is 2750. The zero-order chi connectivity index (χ0) is 38.8. The highest BCUT2D eigenvalue weighted by Gasteiger charge is 2.30. The van der Waals surface area contributed by atoms with Crippen molar-refractivity contribution in [3.63, 3.8) is 0 Å². The second-order valence-electron chi connectivity index (χ2n) is 17.1. The standard InChI is InChI=1S/C51H48N4O/c1-34-15-13-22-45(49(34)35-16-9-8-10-17-35)54-33-53(43-20-11-12-21-44(43)54)38-18-14-19-39(31-38)56-40-24-26-42-41-25-23-36(50(2,3)4)29-46(41)55(47(42)32-40)48-30-37(27-28-52-48)51(5,6)7/h8-32H,33H2,1-7H3. The van der Waals surface area contributed by atoms with E-state index < -0.39 is 0 Å². The number of para-hydroxylation sites is 2. The minimum Gasteiger partial charge on any atom is -0.457 e. The second kappa shape index (κ2) is 13.5. The summed E-state index contributed by atoms with van der Waals surface area (Å²) in [5.41, 5.74) is 13.1. The van der Waals surface area contributed by atoms with Gasteiger partial charge in [0.2, 0.25) is 0 Å². The largest absolute Gasteiger partial charge is 0.457 e. The molecule has 5 nitrogen and oxygen atoms in total. The van der Waals surface area contributed by atoms with E-state index in [2.05, 4.69) is 202 Å². The molecule has 1 aliphatic heterocycles. The molecule has 1 aliphatic rings. The minimum atomic E-state index is -0.0105. The van der Waals surface area contributed by atoms with Crippen LogP contribution in [0.2, 0.25) is 0 Å². The van der Waals surface area contributed by atoms with Crippen molar-refractivity contribution in [3.8, 4) is 28.4 Å². The molecule has 0 bridgehead atoms. The summed E-state index contributed by atoms with van der Waals surface area (Å²) in [4.78, 5) is 9.75. The maximum absolute atomic E-state index is 6.75. The fraction of sp³-hybridized carbons (Fsp3) is 0.196. The number of rotatable bonds is 6. The van der Waals surface area contributed by atoms with Gasteiger partial charge in [0.1, 0.15) is 24.0 Å². The van der Waals surface area contributed by atoms with Gasteiger partial charge in [0.05, 0.1) is 28.1 Å². The van der Waals surface area contributed by atoms with Gasteiger partial charge in [-0.25, -0.2) is 4.98 Å². The van der Waals surface area contributed by atoms with Crippen LogP contribution >= 0.6 is 0 Å². The average molecular weight is 733 g/mol. The highest BCUT2D eigenvalue weighted by atomic mass is 16.5. The average Bonchev–Trinajstić information content (AvgIpc) is 3.73. The molecule has 0 saturated carbocycles. The molecule has 6 aromatic carbocycles. The van der Waals surface area contributed by atoms with Crippen molar-refractivity contribution in [1.82, 2.24) is 9.55 Å². The molecular formula is C51H48N4O. The monoisotopic (exact) mass is 732 g/mol. The summed E-state index contributed by atoms with van der Waals surface area (Å²) in [7, 11) is 0. The van der Waals surface area contributed by atoms with Gasteiger partial charge in [0.25, 0.3) is 0 Å². The van der Waals surface area contributed by atoms with Gasteiger partial charge in [-0.2, -0.15) is 0 Å². The van der Waals surface area contributed by atoms with E-state index in [0.29, 0.717) is 6.67 Å². The first-order valence-corrected chi connectivity index (χ1v) is 19.6. The summed E-state index contributed by atoms with van der Waals surface area (Å²) in [6, 6.07) is 52.1. The third-order valence-corrected chi connectivity index (χ3v) is 11.2. The van der Waals surface area contributed by atoms with Crippen molar-refractivity contribution >= 4 is 44.6 Å². The van der Waals surface area contributed by atoms with E-state index in [-0.39, 0.29) is 10.8 Å². The molecular weight excluding hydrogens is 685 g/mol. The molecule has 3 heterocycles. The lowest BCUT2D eigenvalue weighted by atomic mass is 9.86. The van der Waals surface area contributed by atoms with Crippen molar-refractivity contribution in [2.24, 2.45) is 0 Å². The number of nitrogens with zero attached hydrogens (tertiary/aromatic N) is 4. The van der Waals surface area contributed by atoms with Gasteiger partial charge >= 0.3 is 0 Å². The molecule has 5 heteroatoms. The van der Waals surface area contributed by atoms with Gasteiger partial charge in [0, 0.05) is 40.4 Å². The smallest absolute Gasteiger partial charge is 0.137 e. The second-order valence-corrected chi connectivity index (χ2v) is 17.1. The topological polar surface area (TPSA) is 33.5 Å². The Morgan fingerprint density at radius 1 is 0.536 bits per heavy atom. The van der Waals surface area contributed by atoms with Crippen LogP contribution in [0.4, 0.5) is 22.7 Å². The molecule has 0 unspecified atom stereocenters. The predicted molar refractivity (Wildman–Crippen MR) is 235 cm³/mol. The van der Waals surface area contributed by atoms with E-state index in [4.69, 9.17) is 9.72 Å². The lowest BCUT2D eigenvalue weighted by molar-refractivity contribution is 0.483. The molecule has 0 spiro atoms. The normalized spacial score (nSPS) is 13.1. The molecule has 8 aromatic rings. The van der Waals surface area contributed by atoms with Crippen LogP contribution in [0.3, 0.4) is 0 Å². The van der Waals surface area contributed by atoms with E-state index in [1.807, 2.05) is 12.3 Å². The van der Waals surface area contributed by atoms with Crippen LogP contribution in [0.25, 0.3) is 38.8 Å². The van der Waals surface area contributed by atoms with Crippen LogP contribution < -0.4 is 14.5 Å². The summed E-state index contributed by atoms with van der Waals surface area (Å²) in [6.45, 7) is 16.4. The van der Waals surface area contributed by atoms with Crippen molar-refractivity contribution in [2.45, 2.75) is 59.3 Å². The van der Waals surface area contributed by atoms with Crippen molar-refractivity contribution < 1.29 is 4.74 Å². The highest BCUT2D eigenvalue weighted by molar-refractivity contribution is 6.09. The summed E-state index contributed by atoms with van der Waals surface area (Å²) < 4.78 is 9.06. The van der Waals surface area contributed by atoms with Crippen LogP contribution in [0.1, 0.15) is 58.2 Å². The van der Waals surface area contributed by atoms with Gasteiger partial charge in [-0.1, -0.05) is 114 Å². The molecule has 0 aliphatic carbocycles. The summed E-state index contributed by atoms with van der Waals surface area (Å²) in [5.74, 6) is 2.46. The Hall–Kier alpha value is -6.33. The lowest BCUT2D eigenvalue weighted by Gasteiger charge is -2.25. The SMILES string of the molecule is Cc1cccc(N2CN(c3cccc(Oc4ccc5c6ccc(C(C)(C)C)cc6n(-c6cc(C(C)(C)C)ccn6)c5c4)c3)c3ccccc32)c1-c1ccccc1. The highest BCUT2D eigenvalue weighted by Crippen LogP contribution is 2.48. The number of pyridine rings is 1. The third kappa shape index (κ3) is 6.27. The van der Waals surface area contributed by atoms with Crippen LogP contribution in [0.15, 0.2) is 152 Å². The molecule has 56 heavy (non-hydrogen) atoms. The van der Waals surface area contributed by atoms with Crippen LogP contribution in [0.5, 0.6) is 11.5 Å². The minimum absolute atomic E-state index is 0.00651. The molecule has 278 valence electrons. The number of ether oxygens (including phenoxy) is 1. The molecule has 0 atom stereocenters. The summed E-state index contributed by atoms with van der Waals surface area (Å²) in [6.07, 6.45) is 1.94. The number of hydrogen-bond acceptors (Lipinski definition) is 4. The van der Waals surface area contributed by atoms with E-state index >= 15 is 0 Å². The van der Waals surface area contributed by atoms with Gasteiger partial charge in [-0.05, 0) is 101 Å². The maximum atomic E-state index is 6.75. The Kier molecular flexibility index (Phi) is 8.50. The van der Waals surface area contributed by atoms with Crippen molar-refractivity contribution in [1.29, 1.82) is 0 Å². The Labute approximate surface area is 330 Å². The zero-order valence-electron chi connectivity index (χ0n) is 33.3. The first-order valence-electron chi connectivity index (χ1n) is 19.6. The predicted octanol–water partition coefficient (Wildman–Crippen LogP) is 13.8. The van der Waals surface area contributed by atoms with Crippen molar-refractivity contribution in [2.75, 3.05) is 16.5 Å². The molecule has 0 radical (unpaired) electrons. The first-order chi connectivity index (χ1) is 26.9. The van der Waals surface area contributed by atoms with Gasteiger partial charge in [-0.15, -0.1) is 0 Å². The van der Waals surface area contributed by atoms with Crippen LogP contribution in [0, 0.1) is 6.92 Å². The molecule has 0 N–H and O–H groups in total. The Balaban J connectivity index is 1.10. The van der Waals surface area contributed by atoms with Crippen LogP contribution in [-0.2, 0) is 10.8 Å². The van der Waals surface area contributed by atoms with E-state index in [0.717, 1.165) is 39.7 Å². The fourth-order valence-corrected chi connectivity index (χ4v) is 8.13. The maximum Gasteiger partial charge on any atom is 0.137 e. The third-order valence-electron chi connectivity index (χ3n) is 11.2. The van der Waals surface area contributed by atoms with Crippen LogP contribution in [-0.4, -0.2) is 16.2 Å². The number of benzene rings is 6. The molecule has 0 saturated heterocycles. The number of aromatic nitrogens is 2. The van der Waals surface area contributed by atoms with Crippen molar-refractivity contribution in [3.05, 3.63) is 168 Å². The van der Waals surface area contributed by atoms with Gasteiger partial charge in [-0.3, -0.25) is 4.57 Å². The fourth-order valence-electron chi connectivity index (χ4n) is 8.13. The quantitative estimate of drug-likeness (QED) is 0.170. The first kappa shape index (κ1) is 35.4. The molecule has 0 fully saturated rings. The summed E-state index contributed by atoms with van der Waals surface area (Å²) in [5, 5.41) is 2.37. The molecule has 9 rings (SSSR count). The number of anilines is 4. The summed E-state index contributed by atoms with van der Waals surface area (Å²) >= 11 is 0. The van der Waals surface area contributed by atoms with Gasteiger partial charge < -0.3 is 14.5 Å². The van der Waals surface area contributed by atoms with E-state index in [1.165, 1.54) is 50.0 Å².